The number of fused-ring (bicyclic) bond motifs is 1. The van der Waals surface area contributed by atoms with Gasteiger partial charge < -0.3 is 78.8 Å². The molecule has 0 spiro atoms. The summed E-state index contributed by atoms with van der Waals surface area (Å²) in [5.41, 5.74) is -0.469. The lowest BCUT2D eigenvalue weighted by atomic mass is 9.99. The number of hydrogen-bond donors (Lipinski definition) is 9. The van der Waals surface area contributed by atoms with Gasteiger partial charge in [-0.3, -0.25) is 4.79 Å². The first-order valence-electron chi connectivity index (χ1n) is 13.9. The third kappa shape index (κ3) is 6.17. The van der Waals surface area contributed by atoms with Gasteiger partial charge in [0.2, 0.25) is 18.3 Å². The van der Waals surface area contributed by atoms with Crippen molar-refractivity contribution in [2.75, 3.05) is 27.4 Å². The minimum atomic E-state index is -1.83. The second-order valence-electron chi connectivity index (χ2n) is 10.6. The number of ether oxygens (including phenoxy) is 6. The van der Waals surface area contributed by atoms with Gasteiger partial charge in [0, 0.05) is 17.7 Å². The van der Waals surface area contributed by atoms with Gasteiger partial charge in [-0.15, -0.1) is 0 Å². The molecular weight excluding hydrogens is 620 g/mol. The Labute approximate surface area is 259 Å². The average molecular weight is 655 g/mol. The summed E-state index contributed by atoms with van der Waals surface area (Å²) in [6.07, 6.45) is -16.6. The molecule has 252 valence electrons. The highest BCUT2D eigenvalue weighted by Crippen LogP contribution is 2.46. The first-order valence-corrected chi connectivity index (χ1v) is 13.9. The first-order chi connectivity index (χ1) is 21.9. The highest BCUT2D eigenvalue weighted by molar-refractivity contribution is 5.77. The summed E-state index contributed by atoms with van der Waals surface area (Å²) < 4.78 is 39.2. The summed E-state index contributed by atoms with van der Waals surface area (Å²) in [6.45, 7) is -1.47. The summed E-state index contributed by atoms with van der Waals surface area (Å²) in [5.74, 6) is -1.20. The molecule has 2 fully saturated rings. The van der Waals surface area contributed by atoms with Crippen LogP contribution in [0, 0.1) is 0 Å². The van der Waals surface area contributed by atoms with E-state index in [4.69, 9.17) is 32.8 Å². The summed E-state index contributed by atoms with van der Waals surface area (Å²) in [5, 5.41) is 91.7. The molecule has 0 aromatic heterocycles. The van der Waals surface area contributed by atoms with E-state index in [0.717, 1.165) is 12.1 Å². The van der Waals surface area contributed by atoms with Crippen LogP contribution in [0.3, 0.4) is 0 Å². The topological polar surface area (TPSA) is 268 Å². The number of methoxy groups -OCH3 is 2. The molecule has 46 heavy (non-hydrogen) atoms. The zero-order valence-electron chi connectivity index (χ0n) is 24.4. The third-order valence-electron chi connectivity index (χ3n) is 7.71. The van der Waals surface area contributed by atoms with Gasteiger partial charge in [-0.1, -0.05) is 0 Å². The minimum absolute atomic E-state index is 0.0117. The Kier molecular flexibility index (Phi) is 9.89. The molecule has 0 radical (unpaired) electrons. The Bertz CT molecular complexity index is 1510. The number of aliphatic hydroxyl groups excluding tert-OH is 8. The van der Waals surface area contributed by atoms with Crippen LogP contribution in [-0.4, -0.2) is 135 Å². The van der Waals surface area contributed by atoms with E-state index in [2.05, 4.69) is 0 Å². The Morgan fingerprint density at radius 1 is 0.652 bits per heavy atom. The van der Waals surface area contributed by atoms with Crippen molar-refractivity contribution in [2.24, 2.45) is 0 Å². The Hall–Kier alpha value is -3.75. The first kappa shape index (κ1) is 33.6. The number of aliphatic hydroxyl groups is 8. The van der Waals surface area contributed by atoms with E-state index < -0.39 is 80.1 Å². The maximum absolute atomic E-state index is 12.7. The largest absolute Gasteiger partial charge is 0.502 e. The van der Waals surface area contributed by atoms with Crippen molar-refractivity contribution < 1.29 is 78.8 Å². The lowest BCUT2D eigenvalue weighted by molar-refractivity contribution is -0.277. The number of hydrogen-bond acceptors (Lipinski definition) is 17. The van der Waals surface area contributed by atoms with Crippen molar-refractivity contribution in [3.8, 4) is 51.4 Å². The van der Waals surface area contributed by atoms with Gasteiger partial charge in [-0.05, 0) is 18.2 Å². The van der Waals surface area contributed by atoms with E-state index in [1.54, 1.807) is 0 Å². The van der Waals surface area contributed by atoms with Crippen LogP contribution in [0.25, 0.3) is 22.6 Å². The van der Waals surface area contributed by atoms with Crippen molar-refractivity contribution in [3.63, 3.8) is 0 Å². The lowest BCUT2D eigenvalue weighted by Crippen LogP contribution is -2.60. The van der Waals surface area contributed by atoms with E-state index >= 15 is 0 Å². The van der Waals surface area contributed by atoms with Crippen LogP contribution < -0.4 is 24.4 Å². The minimum Gasteiger partial charge on any atom is -0.502 e. The van der Waals surface area contributed by atoms with Gasteiger partial charge in [-0.25, -0.2) is 0 Å². The zero-order valence-corrected chi connectivity index (χ0v) is 24.4. The molecule has 17 nitrogen and oxygen atoms in total. The average Bonchev–Trinajstić information content (AvgIpc) is 3.05. The monoisotopic (exact) mass is 654 g/mol. The maximum Gasteiger partial charge on any atom is 0.229 e. The summed E-state index contributed by atoms with van der Waals surface area (Å²) in [6, 6.07) is 6.05. The molecule has 0 bridgehead atoms. The van der Waals surface area contributed by atoms with Crippen LogP contribution in [-0.2, 0) is 9.47 Å². The number of phenols is 1. The van der Waals surface area contributed by atoms with Gasteiger partial charge >= 0.3 is 0 Å². The number of benzene rings is 2. The van der Waals surface area contributed by atoms with Gasteiger partial charge in [-0.2, -0.15) is 0 Å². The number of aromatic hydroxyl groups is 1. The molecule has 10 atom stereocenters. The quantitative estimate of drug-likeness (QED) is 0.115. The van der Waals surface area contributed by atoms with Crippen LogP contribution in [0.5, 0.6) is 28.7 Å². The predicted octanol–water partition coefficient (Wildman–Crippen LogP) is -2.51. The van der Waals surface area contributed by atoms with Crippen LogP contribution in [0.2, 0.25) is 0 Å². The third-order valence-corrected chi connectivity index (χ3v) is 7.71. The molecule has 2 saturated heterocycles. The molecule has 3 aliphatic heterocycles. The fraction of sp³-hybridized carbons (Fsp3) is 0.483. The molecule has 9 N–H and O–H groups in total. The Morgan fingerprint density at radius 2 is 1.15 bits per heavy atom. The van der Waals surface area contributed by atoms with Crippen molar-refractivity contribution in [3.05, 3.63) is 40.6 Å². The van der Waals surface area contributed by atoms with Gasteiger partial charge in [0.25, 0.3) is 0 Å². The van der Waals surface area contributed by atoms with Crippen molar-refractivity contribution in [2.45, 2.75) is 61.4 Å². The molecule has 17 heteroatoms. The molecule has 1 aliphatic carbocycles. The molecule has 4 aliphatic rings. The molecule has 0 saturated carbocycles. The van der Waals surface area contributed by atoms with Crippen molar-refractivity contribution >= 4 is 0 Å². The maximum atomic E-state index is 12.7. The van der Waals surface area contributed by atoms with Crippen molar-refractivity contribution in [1.82, 2.24) is 0 Å². The molecular formula is C29H34O17. The fourth-order valence-corrected chi connectivity index (χ4v) is 5.15. The SMILES string of the molecule is COc1cc(-c2oc3cc(=O)cc(O[C@@H]4O[C@H](CO)[C@@H](O)[C@H](O)[C@H]4O)c-3cc2O[C@@H]2O[C@H](CO)[C@@H](O)[C@H](O)[C@H]2O)cc(OC)c1O. The van der Waals surface area contributed by atoms with Crippen LogP contribution >= 0.6 is 0 Å². The second kappa shape index (κ2) is 13.5. The highest BCUT2D eigenvalue weighted by Gasteiger charge is 2.46. The highest BCUT2D eigenvalue weighted by atomic mass is 16.7. The normalized spacial score (nSPS) is 31.4. The molecule has 1 aromatic carbocycles. The Morgan fingerprint density at radius 3 is 1.63 bits per heavy atom. The summed E-state index contributed by atoms with van der Waals surface area (Å²) >= 11 is 0. The summed E-state index contributed by atoms with van der Waals surface area (Å²) in [4.78, 5) is 12.7. The standard InChI is InChI=1S/C29H34O17/c1-40-15-3-10(4-16(41-2)20(15)33)27-17(44-29-26(39)24(37)22(35)19(9-31)46-29)7-12-13(42-27)5-11(32)6-14(12)43-28-25(38)23(36)21(34)18(8-30)45-28/h3-7,18-19,21-26,28-31,33-39H,8-9H2,1-2H3/t18-,19-,21-,22-,23+,24+,25-,26-,28-,29-/m1/s1. The number of phenolic OH excluding ortho intramolecular Hbond substituents is 1. The number of rotatable bonds is 9. The van der Waals surface area contributed by atoms with E-state index in [9.17, 15) is 50.8 Å². The van der Waals surface area contributed by atoms with Crippen LogP contribution in [0.1, 0.15) is 0 Å². The van der Waals surface area contributed by atoms with Gasteiger partial charge in [0.05, 0.1) is 33.0 Å². The summed E-state index contributed by atoms with van der Waals surface area (Å²) in [7, 11) is 2.57. The fourth-order valence-electron chi connectivity index (χ4n) is 5.15. The van der Waals surface area contributed by atoms with Crippen molar-refractivity contribution in [1.29, 1.82) is 0 Å². The van der Waals surface area contributed by atoms with Crippen LogP contribution in [0.4, 0.5) is 0 Å². The smallest absolute Gasteiger partial charge is 0.229 e. The van der Waals surface area contributed by atoms with E-state index in [0.29, 0.717) is 0 Å². The van der Waals surface area contributed by atoms with E-state index in [-0.39, 0.29) is 51.4 Å². The second-order valence-corrected chi connectivity index (χ2v) is 10.6. The molecule has 0 unspecified atom stereocenters. The molecule has 0 amide bonds. The van der Waals surface area contributed by atoms with Gasteiger partial charge in [0.15, 0.2) is 28.4 Å². The lowest BCUT2D eigenvalue weighted by Gasteiger charge is -2.40. The van der Waals surface area contributed by atoms with E-state index in [1.165, 1.54) is 32.4 Å². The van der Waals surface area contributed by atoms with Crippen LogP contribution in [0.15, 0.2) is 39.5 Å². The predicted molar refractivity (Wildman–Crippen MR) is 151 cm³/mol. The molecule has 3 heterocycles. The van der Waals surface area contributed by atoms with E-state index in [1.807, 2.05) is 0 Å². The Balaban J connectivity index is 1.66. The molecule has 1 aromatic rings. The van der Waals surface area contributed by atoms with Gasteiger partial charge in [0.1, 0.15) is 60.3 Å². The zero-order chi connectivity index (χ0) is 33.4. The molecule has 5 rings (SSSR count).